The zero-order chi connectivity index (χ0) is 17.4. The Labute approximate surface area is 140 Å². The maximum absolute atomic E-state index is 12.3. The summed E-state index contributed by atoms with van der Waals surface area (Å²) in [7, 11) is 0. The lowest BCUT2D eigenvalue weighted by Crippen LogP contribution is -2.34. The first kappa shape index (κ1) is 19.2. The van der Waals surface area contributed by atoms with Gasteiger partial charge < -0.3 is 14.3 Å². The normalized spacial score (nSPS) is 11.9. The number of carbonyl (C=O) groups excluding carboxylic acids is 3. The summed E-state index contributed by atoms with van der Waals surface area (Å²) >= 11 is 5.88. The minimum Gasteiger partial charge on any atom is -0.465 e. The maximum Gasteiger partial charge on any atom is 0.320 e. The van der Waals surface area contributed by atoms with Crippen molar-refractivity contribution >= 4 is 29.3 Å². The lowest BCUT2D eigenvalue weighted by molar-refractivity contribution is -0.162. The van der Waals surface area contributed by atoms with E-state index in [0.29, 0.717) is 10.6 Å². The van der Waals surface area contributed by atoms with Crippen LogP contribution < -0.4 is 0 Å². The first-order valence-corrected chi connectivity index (χ1v) is 7.86. The van der Waals surface area contributed by atoms with Crippen LogP contribution in [0.3, 0.4) is 0 Å². The molecule has 0 aliphatic rings. The molecule has 0 saturated heterocycles. The van der Waals surface area contributed by atoms with Crippen LogP contribution in [-0.2, 0) is 23.9 Å². The number of ether oxygens (including phenoxy) is 2. The smallest absolute Gasteiger partial charge is 0.320 e. The van der Waals surface area contributed by atoms with E-state index in [9.17, 15) is 14.4 Å². The molecule has 0 bridgehead atoms. The van der Waals surface area contributed by atoms with Gasteiger partial charge in [0.25, 0.3) is 0 Å². The third-order valence-electron chi connectivity index (χ3n) is 3.29. The fourth-order valence-electron chi connectivity index (χ4n) is 2.34. The summed E-state index contributed by atoms with van der Waals surface area (Å²) < 4.78 is 10.0. The fraction of sp³-hybridized carbons (Fsp3) is 0.471. The molecule has 0 aromatic heterocycles. The van der Waals surface area contributed by atoms with Crippen molar-refractivity contribution in [1.82, 2.24) is 0 Å². The summed E-state index contributed by atoms with van der Waals surface area (Å²) in [4.78, 5) is 36.2. The number of ketones is 1. The Morgan fingerprint density at radius 2 is 1.48 bits per heavy atom. The summed E-state index contributed by atoms with van der Waals surface area (Å²) in [6.45, 7) is 5.01. The number of carbonyl (C=O) groups is 3. The zero-order valence-corrected chi connectivity index (χ0v) is 14.3. The van der Waals surface area contributed by atoms with Gasteiger partial charge in [-0.1, -0.05) is 23.7 Å². The number of esters is 2. The predicted molar refractivity (Wildman–Crippen MR) is 86.2 cm³/mol. The number of halogens is 1. The Kier molecular flexibility index (Phi) is 7.75. The van der Waals surface area contributed by atoms with E-state index < -0.39 is 23.8 Å². The lowest BCUT2D eigenvalue weighted by atomic mass is 9.82. The molecule has 5 nitrogen and oxygen atoms in total. The molecule has 23 heavy (non-hydrogen) atoms. The second-order valence-electron chi connectivity index (χ2n) is 5.05. The number of rotatable bonds is 8. The molecule has 0 saturated carbocycles. The Morgan fingerprint density at radius 1 is 1.00 bits per heavy atom. The molecule has 0 heterocycles. The molecule has 1 atom stereocenters. The molecule has 0 N–H and O–H groups in total. The van der Waals surface area contributed by atoms with Crippen molar-refractivity contribution in [2.24, 2.45) is 5.92 Å². The number of benzene rings is 1. The van der Waals surface area contributed by atoms with Crippen molar-refractivity contribution in [3.05, 3.63) is 34.9 Å². The Morgan fingerprint density at radius 3 is 1.87 bits per heavy atom. The molecule has 1 aromatic rings. The van der Waals surface area contributed by atoms with E-state index in [1.807, 2.05) is 0 Å². The van der Waals surface area contributed by atoms with Crippen LogP contribution in [0.5, 0.6) is 0 Å². The highest BCUT2D eigenvalue weighted by molar-refractivity contribution is 6.30. The largest absolute Gasteiger partial charge is 0.465 e. The van der Waals surface area contributed by atoms with E-state index in [-0.39, 0.29) is 25.4 Å². The molecule has 0 radical (unpaired) electrons. The molecule has 1 rings (SSSR count). The van der Waals surface area contributed by atoms with Crippen molar-refractivity contribution in [2.75, 3.05) is 13.2 Å². The monoisotopic (exact) mass is 340 g/mol. The van der Waals surface area contributed by atoms with Crippen molar-refractivity contribution in [3.8, 4) is 0 Å². The quantitative estimate of drug-likeness (QED) is 0.537. The summed E-state index contributed by atoms with van der Waals surface area (Å²) in [6, 6.07) is 6.69. The summed E-state index contributed by atoms with van der Waals surface area (Å²) in [5, 5.41) is 0.527. The molecule has 126 valence electrons. The van der Waals surface area contributed by atoms with Crippen LogP contribution in [0.2, 0.25) is 5.02 Å². The van der Waals surface area contributed by atoms with E-state index >= 15 is 0 Å². The fourth-order valence-corrected chi connectivity index (χ4v) is 2.46. The van der Waals surface area contributed by atoms with Gasteiger partial charge in [0.05, 0.1) is 13.2 Å². The molecule has 0 aliphatic carbocycles. The van der Waals surface area contributed by atoms with Gasteiger partial charge >= 0.3 is 11.9 Å². The predicted octanol–water partition coefficient (Wildman–Crippen LogP) is 3.15. The minimum absolute atomic E-state index is 0.0317. The van der Waals surface area contributed by atoms with Crippen LogP contribution in [0.1, 0.15) is 38.7 Å². The Bertz CT molecular complexity index is 535. The van der Waals surface area contributed by atoms with E-state index in [0.717, 1.165) is 0 Å². The number of hydrogen-bond donors (Lipinski definition) is 0. The number of Topliss-reactive ketones (excluding diaryl/α,β-unsaturated/α-hetero) is 1. The van der Waals surface area contributed by atoms with E-state index in [1.165, 1.54) is 6.92 Å². The van der Waals surface area contributed by atoms with Crippen molar-refractivity contribution in [1.29, 1.82) is 0 Å². The van der Waals surface area contributed by atoms with E-state index in [4.69, 9.17) is 21.1 Å². The summed E-state index contributed by atoms with van der Waals surface area (Å²) in [6.07, 6.45) is 0.0317. The molecule has 0 fully saturated rings. The third-order valence-corrected chi connectivity index (χ3v) is 3.54. The van der Waals surface area contributed by atoms with Crippen LogP contribution in [0.15, 0.2) is 24.3 Å². The van der Waals surface area contributed by atoms with Crippen LogP contribution in [-0.4, -0.2) is 30.9 Å². The van der Waals surface area contributed by atoms with Gasteiger partial charge in [-0.25, -0.2) is 0 Å². The second kappa shape index (κ2) is 9.30. The van der Waals surface area contributed by atoms with Crippen molar-refractivity contribution in [2.45, 2.75) is 33.1 Å². The first-order valence-electron chi connectivity index (χ1n) is 7.48. The lowest BCUT2D eigenvalue weighted by Gasteiger charge is -2.24. The standard InChI is InChI=1S/C17H21ClO5/c1-4-22-16(20)15(17(21)23-5-2)14(10-11(3)19)12-6-8-13(18)9-7-12/h6-9,14-15H,4-5,10H2,1-3H3/t14-/m1/s1. The molecule has 0 amide bonds. The van der Waals surface area contributed by atoms with Crippen LogP contribution >= 0.6 is 11.6 Å². The molecular weight excluding hydrogens is 320 g/mol. The van der Waals surface area contributed by atoms with Crippen LogP contribution in [0.25, 0.3) is 0 Å². The van der Waals surface area contributed by atoms with Crippen LogP contribution in [0.4, 0.5) is 0 Å². The van der Waals surface area contributed by atoms with E-state index in [1.54, 1.807) is 38.1 Å². The Balaban J connectivity index is 3.24. The molecular formula is C17H21ClO5. The average molecular weight is 341 g/mol. The van der Waals surface area contributed by atoms with Gasteiger partial charge in [-0.3, -0.25) is 9.59 Å². The SMILES string of the molecule is CCOC(=O)C(C(=O)OCC)[C@H](CC(C)=O)c1ccc(Cl)cc1. The van der Waals surface area contributed by atoms with Gasteiger partial charge in [-0.05, 0) is 38.5 Å². The maximum atomic E-state index is 12.3. The molecule has 6 heteroatoms. The van der Waals surface area contributed by atoms with Gasteiger partial charge in [0.1, 0.15) is 5.78 Å². The first-order chi connectivity index (χ1) is 10.9. The molecule has 0 aliphatic heterocycles. The summed E-state index contributed by atoms with van der Waals surface area (Å²) in [5.74, 6) is -3.34. The second-order valence-corrected chi connectivity index (χ2v) is 5.48. The minimum atomic E-state index is -1.18. The zero-order valence-electron chi connectivity index (χ0n) is 13.5. The van der Waals surface area contributed by atoms with Gasteiger partial charge in [-0.15, -0.1) is 0 Å². The van der Waals surface area contributed by atoms with Crippen LogP contribution in [0, 0.1) is 5.92 Å². The van der Waals surface area contributed by atoms with E-state index in [2.05, 4.69) is 0 Å². The van der Waals surface area contributed by atoms with Crippen molar-refractivity contribution in [3.63, 3.8) is 0 Å². The average Bonchev–Trinajstić information content (AvgIpc) is 2.47. The van der Waals surface area contributed by atoms with Crippen molar-refractivity contribution < 1.29 is 23.9 Å². The van der Waals surface area contributed by atoms with Gasteiger partial charge in [0.15, 0.2) is 5.92 Å². The highest BCUT2D eigenvalue weighted by atomic mass is 35.5. The number of hydrogen-bond acceptors (Lipinski definition) is 5. The molecule has 0 spiro atoms. The van der Waals surface area contributed by atoms with Gasteiger partial charge in [0.2, 0.25) is 0 Å². The van der Waals surface area contributed by atoms with Gasteiger partial charge in [-0.2, -0.15) is 0 Å². The third kappa shape index (κ3) is 5.67. The highest BCUT2D eigenvalue weighted by Gasteiger charge is 2.39. The molecule has 0 unspecified atom stereocenters. The molecule has 1 aromatic carbocycles. The Hall–Kier alpha value is -1.88. The summed E-state index contributed by atoms with van der Waals surface area (Å²) in [5.41, 5.74) is 0.663. The highest BCUT2D eigenvalue weighted by Crippen LogP contribution is 2.31. The topological polar surface area (TPSA) is 69.7 Å². The van der Waals surface area contributed by atoms with Gasteiger partial charge in [0, 0.05) is 17.4 Å².